The second-order valence-corrected chi connectivity index (χ2v) is 9.20. The number of aromatic nitrogens is 1. The van der Waals surface area contributed by atoms with E-state index in [1.54, 1.807) is 7.11 Å². The van der Waals surface area contributed by atoms with Gasteiger partial charge in [0.25, 0.3) is 0 Å². The van der Waals surface area contributed by atoms with Crippen molar-refractivity contribution in [2.45, 2.75) is 38.3 Å². The summed E-state index contributed by atoms with van der Waals surface area (Å²) < 4.78 is 11.2. The van der Waals surface area contributed by atoms with E-state index in [0.29, 0.717) is 6.10 Å². The number of hydrogen-bond donors (Lipinski definition) is 0. The minimum absolute atomic E-state index is 0.410. The van der Waals surface area contributed by atoms with Crippen LogP contribution in [0.4, 0.5) is 5.13 Å². The van der Waals surface area contributed by atoms with Crippen LogP contribution in [0.15, 0.2) is 6.20 Å². The Kier molecular flexibility index (Phi) is 8.33. The van der Waals surface area contributed by atoms with Crippen molar-refractivity contribution in [3.8, 4) is 0 Å². The summed E-state index contributed by atoms with van der Waals surface area (Å²) in [6.45, 7) is 8.47. The molecule has 0 spiro atoms. The highest BCUT2D eigenvalue weighted by molar-refractivity contribution is 7.15. The van der Waals surface area contributed by atoms with Crippen LogP contribution in [0.2, 0.25) is 0 Å². The van der Waals surface area contributed by atoms with Crippen LogP contribution in [-0.4, -0.2) is 88.0 Å². The lowest BCUT2D eigenvalue weighted by Crippen LogP contribution is -2.41. The molecule has 2 saturated heterocycles. The van der Waals surface area contributed by atoms with Crippen molar-refractivity contribution >= 4 is 16.5 Å². The van der Waals surface area contributed by atoms with Gasteiger partial charge < -0.3 is 19.3 Å². The Labute approximate surface area is 168 Å². The molecule has 2 aliphatic rings. The minimum Gasteiger partial charge on any atom is -0.383 e. The van der Waals surface area contributed by atoms with Crippen molar-refractivity contribution in [2.75, 3.05) is 72.0 Å². The fourth-order valence-corrected chi connectivity index (χ4v) is 4.93. The molecule has 0 saturated carbocycles. The molecule has 0 aliphatic carbocycles. The fraction of sp³-hybridized carbons (Fsp3) is 0.850. The molecule has 3 heterocycles. The second-order valence-electron chi connectivity index (χ2n) is 8.11. The van der Waals surface area contributed by atoms with Crippen LogP contribution in [-0.2, 0) is 16.0 Å². The maximum absolute atomic E-state index is 5.93. The summed E-state index contributed by atoms with van der Waals surface area (Å²) in [5, 5.41) is 1.09. The topological polar surface area (TPSA) is 41.1 Å². The normalized spacial score (nSPS) is 22.0. The van der Waals surface area contributed by atoms with Crippen LogP contribution >= 0.6 is 11.3 Å². The lowest BCUT2D eigenvalue weighted by Gasteiger charge is -2.35. The maximum atomic E-state index is 5.93. The third-order valence-corrected chi connectivity index (χ3v) is 6.77. The third-order valence-electron chi connectivity index (χ3n) is 5.62. The fourth-order valence-electron chi connectivity index (χ4n) is 4.06. The number of thiazole rings is 1. The molecule has 2 aliphatic heterocycles. The van der Waals surface area contributed by atoms with Crippen molar-refractivity contribution in [3.05, 3.63) is 11.1 Å². The van der Waals surface area contributed by atoms with Gasteiger partial charge in [0.15, 0.2) is 5.13 Å². The van der Waals surface area contributed by atoms with Gasteiger partial charge in [0.1, 0.15) is 0 Å². The molecule has 0 radical (unpaired) electrons. The summed E-state index contributed by atoms with van der Waals surface area (Å²) >= 11 is 1.81. The van der Waals surface area contributed by atoms with Crippen LogP contribution < -0.4 is 4.90 Å². The van der Waals surface area contributed by atoms with Gasteiger partial charge in [-0.1, -0.05) is 0 Å². The lowest BCUT2D eigenvalue weighted by molar-refractivity contribution is 0.0555. The van der Waals surface area contributed by atoms with E-state index in [4.69, 9.17) is 9.47 Å². The first kappa shape index (κ1) is 21.0. The van der Waals surface area contributed by atoms with E-state index in [2.05, 4.69) is 40.0 Å². The van der Waals surface area contributed by atoms with Gasteiger partial charge in [-0.15, -0.1) is 11.3 Å². The number of likely N-dealkylation sites (tertiary alicyclic amines) is 1. The van der Waals surface area contributed by atoms with Crippen LogP contribution in [0.1, 0.15) is 30.6 Å². The number of hydrogen-bond acceptors (Lipinski definition) is 7. The Morgan fingerprint density at radius 1 is 1.26 bits per heavy atom. The highest BCUT2D eigenvalue weighted by Crippen LogP contribution is 2.25. The molecule has 3 rings (SSSR count). The van der Waals surface area contributed by atoms with E-state index < -0.39 is 0 Å². The van der Waals surface area contributed by atoms with Gasteiger partial charge in [0, 0.05) is 65.1 Å². The Morgan fingerprint density at radius 2 is 2.07 bits per heavy atom. The van der Waals surface area contributed by atoms with Gasteiger partial charge in [-0.2, -0.15) is 0 Å². The number of ether oxygens (including phenoxy) is 2. The summed E-state index contributed by atoms with van der Waals surface area (Å²) in [6, 6.07) is 0. The number of nitrogens with zero attached hydrogens (tertiary/aromatic N) is 4. The van der Waals surface area contributed by atoms with E-state index in [1.807, 2.05) is 11.3 Å². The molecular formula is C20H36N4O2S. The molecular weight excluding hydrogens is 360 g/mol. The number of piperidine rings is 1. The standard InChI is InChI=1S/C20H36N4O2S/c1-22(2)20-21-13-19(27-20)16-24(15-18-5-4-11-26-18)14-17-6-8-23(9-7-17)10-12-25-3/h13,17-18H,4-12,14-16H2,1-3H3. The zero-order chi connectivity index (χ0) is 19.1. The Hall–Kier alpha value is -0.730. The summed E-state index contributed by atoms with van der Waals surface area (Å²) in [5.41, 5.74) is 0. The largest absolute Gasteiger partial charge is 0.383 e. The molecule has 6 nitrogen and oxygen atoms in total. The monoisotopic (exact) mass is 396 g/mol. The predicted molar refractivity (Wildman–Crippen MR) is 112 cm³/mol. The van der Waals surface area contributed by atoms with Gasteiger partial charge in [0.05, 0.1) is 12.7 Å². The molecule has 0 aromatic carbocycles. The molecule has 154 valence electrons. The molecule has 0 N–H and O–H groups in total. The molecule has 2 fully saturated rings. The first-order chi connectivity index (χ1) is 13.1. The molecule has 1 aromatic rings. The molecule has 27 heavy (non-hydrogen) atoms. The van der Waals surface area contributed by atoms with Gasteiger partial charge in [-0.25, -0.2) is 4.98 Å². The zero-order valence-electron chi connectivity index (χ0n) is 17.2. The van der Waals surface area contributed by atoms with E-state index in [0.717, 1.165) is 43.9 Å². The predicted octanol–water partition coefficient (Wildman–Crippen LogP) is 2.55. The number of anilines is 1. The smallest absolute Gasteiger partial charge is 0.185 e. The Balaban J connectivity index is 1.53. The first-order valence-corrected chi connectivity index (χ1v) is 11.1. The van der Waals surface area contributed by atoms with Crippen LogP contribution in [0.3, 0.4) is 0 Å². The zero-order valence-corrected chi connectivity index (χ0v) is 18.0. The van der Waals surface area contributed by atoms with Crippen molar-refractivity contribution in [3.63, 3.8) is 0 Å². The average Bonchev–Trinajstić information content (AvgIpc) is 3.33. The van der Waals surface area contributed by atoms with Crippen molar-refractivity contribution in [1.82, 2.24) is 14.8 Å². The molecule has 1 atom stereocenters. The van der Waals surface area contributed by atoms with Gasteiger partial charge >= 0.3 is 0 Å². The Bertz CT molecular complexity index is 540. The second kappa shape index (κ2) is 10.7. The van der Waals surface area contributed by atoms with Crippen molar-refractivity contribution < 1.29 is 9.47 Å². The van der Waals surface area contributed by atoms with E-state index >= 15 is 0 Å². The highest BCUT2D eigenvalue weighted by atomic mass is 32.1. The van der Waals surface area contributed by atoms with E-state index in [-0.39, 0.29) is 0 Å². The molecule has 0 bridgehead atoms. The summed E-state index contributed by atoms with van der Waals surface area (Å²) in [6.07, 6.45) is 7.46. The first-order valence-electron chi connectivity index (χ1n) is 10.3. The quantitative estimate of drug-likeness (QED) is 0.605. The van der Waals surface area contributed by atoms with Gasteiger partial charge in [-0.3, -0.25) is 4.90 Å². The molecule has 1 unspecified atom stereocenters. The Morgan fingerprint density at radius 3 is 2.70 bits per heavy atom. The maximum Gasteiger partial charge on any atom is 0.185 e. The molecule has 7 heteroatoms. The summed E-state index contributed by atoms with van der Waals surface area (Å²) in [4.78, 5) is 13.2. The van der Waals surface area contributed by atoms with E-state index in [1.165, 1.54) is 50.2 Å². The van der Waals surface area contributed by atoms with Gasteiger partial charge in [0.2, 0.25) is 0 Å². The van der Waals surface area contributed by atoms with Crippen molar-refractivity contribution in [1.29, 1.82) is 0 Å². The summed E-state index contributed by atoms with van der Waals surface area (Å²) in [5.74, 6) is 0.784. The van der Waals surface area contributed by atoms with Gasteiger partial charge in [-0.05, 0) is 44.7 Å². The third kappa shape index (κ3) is 6.68. The lowest BCUT2D eigenvalue weighted by atomic mass is 9.96. The molecule has 0 amide bonds. The molecule has 1 aromatic heterocycles. The SMILES string of the molecule is COCCN1CCC(CN(Cc2cnc(N(C)C)s2)CC2CCCO2)CC1. The van der Waals surface area contributed by atoms with Crippen LogP contribution in [0, 0.1) is 5.92 Å². The summed E-state index contributed by atoms with van der Waals surface area (Å²) in [7, 11) is 5.91. The number of methoxy groups -OCH3 is 1. The highest BCUT2D eigenvalue weighted by Gasteiger charge is 2.25. The van der Waals surface area contributed by atoms with Crippen LogP contribution in [0.25, 0.3) is 0 Å². The number of rotatable bonds is 10. The minimum atomic E-state index is 0.410. The average molecular weight is 397 g/mol. The van der Waals surface area contributed by atoms with E-state index in [9.17, 15) is 0 Å². The van der Waals surface area contributed by atoms with Crippen molar-refractivity contribution in [2.24, 2.45) is 5.92 Å². The van der Waals surface area contributed by atoms with Crippen LogP contribution in [0.5, 0.6) is 0 Å².